The molecule has 0 aliphatic carbocycles. The summed E-state index contributed by atoms with van der Waals surface area (Å²) < 4.78 is 50.2. The third kappa shape index (κ3) is 8.41. The largest absolute Gasteiger partial charge is 0.490 e. The highest BCUT2D eigenvalue weighted by Crippen LogP contribution is 2.36. The zero-order valence-electron chi connectivity index (χ0n) is 18.0. The second kappa shape index (κ2) is 12.2. The Morgan fingerprint density at radius 3 is 2.55 bits per heavy atom. The predicted octanol–water partition coefficient (Wildman–Crippen LogP) is 5.13. The Labute approximate surface area is 197 Å². The van der Waals surface area contributed by atoms with Gasteiger partial charge in [0.25, 0.3) is 0 Å². The van der Waals surface area contributed by atoms with Gasteiger partial charge in [0.15, 0.2) is 11.5 Å². The minimum Gasteiger partial charge on any atom is -0.490 e. The van der Waals surface area contributed by atoms with Gasteiger partial charge in [0, 0.05) is 5.69 Å². The van der Waals surface area contributed by atoms with Crippen molar-refractivity contribution in [2.45, 2.75) is 32.9 Å². The molecule has 178 valence electrons. The minimum atomic E-state index is -4.54. The first-order valence-corrected chi connectivity index (χ1v) is 10.8. The highest BCUT2D eigenvalue weighted by atomic mass is 79.9. The lowest BCUT2D eigenvalue weighted by Gasteiger charge is -2.14. The third-order valence-electron chi connectivity index (χ3n) is 3.98. The van der Waals surface area contributed by atoms with E-state index in [9.17, 15) is 22.8 Å². The number of benzene rings is 2. The highest BCUT2D eigenvalue weighted by molar-refractivity contribution is 9.10. The number of hydrazone groups is 1. The summed E-state index contributed by atoms with van der Waals surface area (Å²) >= 11 is 3.42. The number of anilines is 1. The molecule has 0 spiro atoms. The number of carbonyl (C=O) groups is 2. The molecule has 0 aliphatic heterocycles. The van der Waals surface area contributed by atoms with Gasteiger partial charge in [-0.3, -0.25) is 9.59 Å². The first-order chi connectivity index (χ1) is 15.6. The van der Waals surface area contributed by atoms with Gasteiger partial charge in [-0.1, -0.05) is 13.0 Å². The van der Waals surface area contributed by atoms with Crippen LogP contribution in [0.25, 0.3) is 0 Å². The lowest BCUT2D eigenvalue weighted by Crippen LogP contribution is -2.24. The Morgan fingerprint density at radius 1 is 1.12 bits per heavy atom. The molecule has 0 unspecified atom stereocenters. The van der Waals surface area contributed by atoms with E-state index in [1.165, 1.54) is 12.3 Å². The molecule has 2 amide bonds. The van der Waals surface area contributed by atoms with Crippen molar-refractivity contribution in [3.63, 3.8) is 0 Å². The van der Waals surface area contributed by atoms with Crippen molar-refractivity contribution in [1.82, 2.24) is 5.43 Å². The number of hydrogen-bond acceptors (Lipinski definition) is 5. The normalized spacial score (nSPS) is 11.3. The molecule has 11 heteroatoms. The molecule has 0 bridgehead atoms. The molecule has 0 aromatic heterocycles. The van der Waals surface area contributed by atoms with Crippen molar-refractivity contribution >= 4 is 39.6 Å². The Kier molecular flexibility index (Phi) is 9.71. The Bertz CT molecular complexity index is 1010. The Balaban J connectivity index is 1.96. The smallest absolute Gasteiger partial charge is 0.416 e. The summed E-state index contributed by atoms with van der Waals surface area (Å²) in [6.45, 7) is 4.76. The molecule has 0 heterocycles. The Morgan fingerprint density at radius 2 is 1.88 bits per heavy atom. The molecule has 0 saturated heterocycles. The summed E-state index contributed by atoms with van der Waals surface area (Å²) in [6, 6.07) is 7.55. The van der Waals surface area contributed by atoms with E-state index in [4.69, 9.17) is 9.47 Å². The maximum atomic E-state index is 12.8. The SMILES string of the molecule is CCCOc1c(Br)cc(C=NNC(=O)CC(=O)Nc2cccc(C(F)(F)F)c2)cc1OCC. The monoisotopic (exact) mass is 529 g/mol. The second-order valence-corrected chi connectivity index (χ2v) is 7.56. The van der Waals surface area contributed by atoms with Gasteiger partial charge in [-0.2, -0.15) is 18.3 Å². The van der Waals surface area contributed by atoms with Gasteiger partial charge in [0.1, 0.15) is 6.42 Å². The summed E-state index contributed by atoms with van der Waals surface area (Å²) in [4.78, 5) is 23.9. The molecule has 0 atom stereocenters. The van der Waals surface area contributed by atoms with Gasteiger partial charge in [-0.25, -0.2) is 5.43 Å². The van der Waals surface area contributed by atoms with E-state index in [0.717, 1.165) is 24.6 Å². The molecular formula is C22H23BrF3N3O4. The fourth-order valence-electron chi connectivity index (χ4n) is 2.61. The zero-order chi connectivity index (χ0) is 24.4. The number of amides is 2. The fourth-order valence-corrected chi connectivity index (χ4v) is 3.19. The van der Waals surface area contributed by atoms with Gasteiger partial charge in [-0.05, 0) is 65.2 Å². The van der Waals surface area contributed by atoms with Crippen molar-refractivity contribution in [2.24, 2.45) is 5.10 Å². The number of hydrogen-bond donors (Lipinski definition) is 2. The van der Waals surface area contributed by atoms with E-state index in [0.29, 0.717) is 34.7 Å². The molecule has 0 saturated carbocycles. The van der Waals surface area contributed by atoms with Gasteiger partial charge in [-0.15, -0.1) is 0 Å². The molecule has 2 aromatic carbocycles. The second-order valence-electron chi connectivity index (χ2n) is 6.71. The predicted molar refractivity (Wildman–Crippen MR) is 122 cm³/mol. The van der Waals surface area contributed by atoms with Crippen LogP contribution in [0.5, 0.6) is 11.5 Å². The number of ether oxygens (including phenoxy) is 2. The lowest BCUT2D eigenvalue weighted by molar-refractivity contribution is -0.137. The van der Waals surface area contributed by atoms with Gasteiger partial charge in [0.05, 0.1) is 29.5 Å². The first-order valence-electron chi connectivity index (χ1n) is 10.0. The summed E-state index contributed by atoms with van der Waals surface area (Å²) in [6.07, 6.45) is -2.97. The van der Waals surface area contributed by atoms with Crippen LogP contribution >= 0.6 is 15.9 Å². The highest BCUT2D eigenvalue weighted by Gasteiger charge is 2.30. The van der Waals surface area contributed by atoms with Crippen molar-refractivity contribution in [3.05, 3.63) is 52.0 Å². The number of nitrogens with zero attached hydrogens (tertiary/aromatic N) is 1. The van der Waals surface area contributed by atoms with Crippen LogP contribution in [0.1, 0.15) is 37.8 Å². The maximum Gasteiger partial charge on any atom is 0.416 e. The average molecular weight is 530 g/mol. The van der Waals surface area contributed by atoms with Gasteiger partial charge in [0.2, 0.25) is 11.8 Å². The summed E-state index contributed by atoms with van der Waals surface area (Å²) in [5, 5.41) is 6.07. The number of alkyl halides is 3. The molecule has 2 aromatic rings. The first kappa shape index (κ1) is 26.2. The van der Waals surface area contributed by atoms with Gasteiger partial charge >= 0.3 is 6.18 Å². The standard InChI is InChI=1S/C22H23BrF3N3O4/c1-3-8-33-21-17(23)9-14(10-18(21)32-4-2)13-27-29-20(31)12-19(30)28-16-7-5-6-15(11-16)22(24,25)26/h5-7,9-11,13H,3-4,8,12H2,1-2H3,(H,28,30)(H,29,31). The van der Waals surface area contributed by atoms with Crippen LogP contribution in [0.2, 0.25) is 0 Å². The number of halogens is 4. The van der Waals surface area contributed by atoms with E-state index in [-0.39, 0.29) is 5.69 Å². The molecular weight excluding hydrogens is 507 g/mol. The number of rotatable bonds is 10. The molecule has 0 fully saturated rings. The lowest BCUT2D eigenvalue weighted by atomic mass is 10.2. The molecule has 7 nitrogen and oxygen atoms in total. The van der Waals surface area contributed by atoms with Crippen molar-refractivity contribution in [1.29, 1.82) is 0 Å². The molecule has 2 N–H and O–H groups in total. The Hall–Kier alpha value is -3.08. The molecule has 33 heavy (non-hydrogen) atoms. The summed E-state index contributed by atoms with van der Waals surface area (Å²) in [7, 11) is 0. The average Bonchev–Trinajstić information content (AvgIpc) is 2.73. The van der Waals surface area contributed by atoms with Crippen LogP contribution in [0.4, 0.5) is 18.9 Å². The maximum absolute atomic E-state index is 12.8. The van der Waals surface area contributed by atoms with E-state index >= 15 is 0 Å². The molecule has 2 rings (SSSR count). The number of carbonyl (C=O) groups excluding carboxylic acids is 2. The van der Waals surface area contributed by atoms with E-state index < -0.39 is 30.0 Å². The van der Waals surface area contributed by atoms with Crippen molar-refractivity contribution < 1.29 is 32.2 Å². The van der Waals surface area contributed by atoms with E-state index in [1.54, 1.807) is 12.1 Å². The van der Waals surface area contributed by atoms with Gasteiger partial charge < -0.3 is 14.8 Å². The minimum absolute atomic E-state index is 0.0650. The topological polar surface area (TPSA) is 89.0 Å². The van der Waals surface area contributed by atoms with Crippen LogP contribution in [0.15, 0.2) is 46.0 Å². The van der Waals surface area contributed by atoms with Crippen LogP contribution in [-0.4, -0.2) is 31.2 Å². The fraction of sp³-hybridized carbons (Fsp3) is 0.318. The summed E-state index contributed by atoms with van der Waals surface area (Å²) in [5.74, 6) is -0.441. The third-order valence-corrected chi connectivity index (χ3v) is 4.57. The quantitative estimate of drug-likeness (QED) is 0.253. The molecule has 0 aliphatic rings. The van der Waals surface area contributed by atoms with E-state index in [1.807, 2.05) is 13.8 Å². The van der Waals surface area contributed by atoms with Crippen LogP contribution in [-0.2, 0) is 15.8 Å². The van der Waals surface area contributed by atoms with Crippen molar-refractivity contribution in [3.8, 4) is 11.5 Å². The van der Waals surface area contributed by atoms with E-state index in [2.05, 4.69) is 31.8 Å². The number of nitrogens with one attached hydrogen (secondary N) is 2. The summed E-state index contributed by atoms with van der Waals surface area (Å²) in [5.41, 5.74) is 1.84. The van der Waals surface area contributed by atoms with Crippen LogP contribution in [0.3, 0.4) is 0 Å². The zero-order valence-corrected chi connectivity index (χ0v) is 19.5. The van der Waals surface area contributed by atoms with Crippen LogP contribution < -0.4 is 20.2 Å². The van der Waals surface area contributed by atoms with Crippen molar-refractivity contribution in [2.75, 3.05) is 18.5 Å². The van der Waals surface area contributed by atoms with Crippen LogP contribution in [0, 0.1) is 0 Å². The molecule has 0 radical (unpaired) electrons.